The average molecular weight is 450 g/mol. The maximum absolute atomic E-state index is 12.3. The van der Waals surface area contributed by atoms with Gasteiger partial charge in [-0.2, -0.15) is 0 Å². The molecule has 5 rings (SSSR count). The molecule has 1 saturated heterocycles. The van der Waals surface area contributed by atoms with E-state index in [1.54, 1.807) is 47.4 Å². The van der Waals surface area contributed by atoms with Crippen molar-refractivity contribution in [3.8, 4) is 11.5 Å². The standard InChI is InChI=1S/C25H26N2O6/c28-22(16-31-24(30)17-6-9-19(10-7-17)27-14-4-5-23(27)29)26-18-8-11-20-21(15-18)33-25(32-20)12-2-1-3-13-25/h6-11,15H,1-5,12-14,16H2,(H,26,28). The summed E-state index contributed by atoms with van der Waals surface area (Å²) >= 11 is 0. The van der Waals surface area contributed by atoms with Gasteiger partial charge >= 0.3 is 5.97 Å². The third kappa shape index (κ3) is 4.51. The molecule has 1 spiro atoms. The third-order valence-electron chi connectivity index (χ3n) is 6.26. The van der Waals surface area contributed by atoms with E-state index in [1.807, 2.05) is 0 Å². The summed E-state index contributed by atoms with van der Waals surface area (Å²) in [5, 5.41) is 2.73. The molecule has 0 unspecified atom stereocenters. The van der Waals surface area contributed by atoms with Gasteiger partial charge in [0, 0.05) is 43.2 Å². The third-order valence-corrected chi connectivity index (χ3v) is 6.26. The lowest BCUT2D eigenvalue weighted by Crippen LogP contribution is -2.40. The summed E-state index contributed by atoms with van der Waals surface area (Å²) in [5.41, 5.74) is 1.62. The fraction of sp³-hybridized carbons (Fsp3) is 0.400. The zero-order chi connectivity index (χ0) is 22.8. The van der Waals surface area contributed by atoms with E-state index in [0.29, 0.717) is 35.7 Å². The molecule has 2 amide bonds. The first-order valence-corrected chi connectivity index (χ1v) is 11.4. The second-order valence-corrected chi connectivity index (χ2v) is 8.66. The Hall–Kier alpha value is -3.55. The van der Waals surface area contributed by atoms with Gasteiger partial charge in [0.25, 0.3) is 11.7 Å². The summed E-state index contributed by atoms with van der Waals surface area (Å²) in [4.78, 5) is 38.1. The van der Waals surface area contributed by atoms with Crippen LogP contribution in [0.15, 0.2) is 42.5 Å². The van der Waals surface area contributed by atoms with E-state index >= 15 is 0 Å². The summed E-state index contributed by atoms with van der Waals surface area (Å²) in [5.74, 6) is -0.248. The monoisotopic (exact) mass is 450 g/mol. The number of nitrogens with one attached hydrogen (secondary N) is 1. The van der Waals surface area contributed by atoms with Gasteiger partial charge < -0.3 is 24.4 Å². The van der Waals surface area contributed by atoms with Gasteiger partial charge in [0.15, 0.2) is 18.1 Å². The molecule has 0 radical (unpaired) electrons. The van der Waals surface area contributed by atoms with Crippen LogP contribution >= 0.6 is 0 Å². The van der Waals surface area contributed by atoms with Crippen LogP contribution in [0.1, 0.15) is 55.3 Å². The zero-order valence-corrected chi connectivity index (χ0v) is 18.3. The number of esters is 1. The van der Waals surface area contributed by atoms with Gasteiger partial charge in [0.05, 0.1) is 5.56 Å². The van der Waals surface area contributed by atoms with E-state index in [4.69, 9.17) is 14.2 Å². The second kappa shape index (κ2) is 8.77. The Balaban J connectivity index is 1.13. The summed E-state index contributed by atoms with van der Waals surface area (Å²) in [6.07, 6.45) is 6.42. The Morgan fingerprint density at radius 2 is 1.73 bits per heavy atom. The van der Waals surface area contributed by atoms with Crippen molar-refractivity contribution in [3.05, 3.63) is 48.0 Å². The van der Waals surface area contributed by atoms with Gasteiger partial charge in [-0.05, 0) is 55.7 Å². The lowest BCUT2D eigenvalue weighted by Gasteiger charge is -2.31. The van der Waals surface area contributed by atoms with Crippen molar-refractivity contribution >= 4 is 29.2 Å². The highest BCUT2D eigenvalue weighted by molar-refractivity contribution is 5.97. The number of benzene rings is 2. The van der Waals surface area contributed by atoms with Crippen LogP contribution in [0.25, 0.3) is 0 Å². The molecular formula is C25H26N2O6. The van der Waals surface area contributed by atoms with Crippen molar-refractivity contribution in [2.75, 3.05) is 23.4 Å². The predicted octanol–water partition coefficient (Wildman–Crippen LogP) is 4.04. The van der Waals surface area contributed by atoms with E-state index in [9.17, 15) is 14.4 Å². The maximum atomic E-state index is 12.3. The number of fused-ring (bicyclic) bond motifs is 1. The Morgan fingerprint density at radius 1 is 0.970 bits per heavy atom. The lowest BCUT2D eigenvalue weighted by molar-refractivity contribution is -0.119. The molecule has 0 atom stereocenters. The lowest BCUT2D eigenvalue weighted by atomic mass is 9.94. The Kier molecular flexibility index (Phi) is 5.66. The quantitative estimate of drug-likeness (QED) is 0.691. The van der Waals surface area contributed by atoms with Crippen molar-refractivity contribution in [3.63, 3.8) is 0 Å². The van der Waals surface area contributed by atoms with Gasteiger partial charge in [-0.25, -0.2) is 4.79 Å². The van der Waals surface area contributed by atoms with Crippen molar-refractivity contribution in [1.29, 1.82) is 0 Å². The average Bonchev–Trinajstić information content (AvgIpc) is 3.40. The number of nitrogens with zero attached hydrogens (tertiary/aromatic N) is 1. The molecule has 1 saturated carbocycles. The first-order chi connectivity index (χ1) is 16.0. The van der Waals surface area contributed by atoms with E-state index in [0.717, 1.165) is 37.8 Å². The Bertz CT molecular complexity index is 1070. The highest BCUT2D eigenvalue weighted by Gasteiger charge is 2.42. The SMILES string of the molecule is O=C(COC(=O)c1ccc(N2CCCC2=O)cc1)Nc1ccc2c(c1)OC1(CCCCC1)O2. The van der Waals surface area contributed by atoms with Crippen molar-refractivity contribution < 1.29 is 28.6 Å². The number of ether oxygens (including phenoxy) is 3. The normalized spacial score (nSPS) is 18.4. The zero-order valence-electron chi connectivity index (χ0n) is 18.3. The summed E-state index contributed by atoms with van der Waals surface area (Å²) in [6, 6.07) is 11.9. The number of hydrogen-bond acceptors (Lipinski definition) is 6. The van der Waals surface area contributed by atoms with Gasteiger partial charge in [0.1, 0.15) is 0 Å². The number of anilines is 2. The number of carbonyl (C=O) groups excluding carboxylic acids is 3. The summed E-state index contributed by atoms with van der Waals surface area (Å²) in [6.45, 7) is 0.271. The van der Waals surface area contributed by atoms with Crippen LogP contribution in [0.5, 0.6) is 11.5 Å². The smallest absolute Gasteiger partial charge is 0.338 e. The number of amides is 2. The van der Waals surface area contributed by atoms with E-state index in [2.05, 4.69) is 5.32 Å². The highest BCUT2D eigenvalue weighted by atomic mass is 16.7. The molecule has 0 aromatic heterocycles. The molecule has 2 heterocycles. The summed E-state index contributed by atoms with van der Waals surface area (Å²) < 4.78 is 17.3. The van der Waals surface area contributed by atoms with E-state index in [-0.39, 0.29) is 5.91 Å². The Morgan fingerprint density at radius 3 is 2.45 bits per heavy atom. The molecule has 172 valence electrons. The fourth-order valence-corrected chi connectivity index (χ4v) is 4.58. The number of rotatable bonds is 5. The highest BCUT2D eigenvalue weighted by Crippen LogP contribution is 2.46. The van der Waals surface area contributed by atoms with Crippen LogP contribution in [0.2, 0.25) is 0 Å². The molecule has 8 heteroatoms. The first kappa shape index (κ1) is 21.3. The molecule has 2 aromatic carbocycles. The van der Waals surface area contributed by atoms with Gasteiger partial charge in [-0.3, -0.25) is 9.59 Å². The molecule has 8 nitrogen and oxygen atoms in total. The fourth-order valence-electron chi connectivity index (χ4n) is 4.58. The molecule has 1 N–H and O–H groups in total. The van der Waals surface area contributed by atoms with Crippen LogP contribution in [-0.2, 0) is 14.3 Å². The van der Waals surface area contributed by atoms with Crippen molar-refractivity contribution in [2.45, 2.75) is 50.7 Å². The van der Waals surface area contributed by atoms with Crippen LogP contribution < -0.4 is 19.7 Å². The van der Waals surface area contributed by atoms with Crippen LogP contribution in [0.4, 0.5) is 11.4 Å². The minimum absolute atomic E-state index is 0.0828. The number of carbonyl (C=O) groups is 3. The molecule has 3 aliphatic rings. The molecule has 33 heavy (non-hydrogen) atoms. The minimum Gasteiger partial charge on any atom is -0.452 e. The molecule has 1 aliphatic carbocycles. The van der Waals surface area contributed by atoms with Gasteiger partial charge in [0.2, 0.25) is 5.91 Å². The van der Waals surface area contributed by atoms with Gasteiger partial charge in [-0.15, -0.1) is 0 Å². The van der Waals surface area contributed by atoms with Crippen molar-refractivity contribution in [2.24, 2.45) is 0 Å². The van der Waals surface area contributed by atoms with Crippen LogP contribution in [0, 0.1) is 0 Å². The molecule has 2 aromatic rings. The molecule has 0 bridgehead atoms. The predicted molar refractivity (Wildman–Crippen MR) is 120 cm³/mol. The largest absolute Gasteiger partial charge is 0.452 e. The van der Waals surface area contributed by atoms with E-state index in [1.165, 1.54) is 6.42 Å². The number of hydrogen-bond donors (Lipinski definition) is 1. The minimum atomic E-state index is -0.602. The van der Waals surface area contributed by atoms with Crippen LogP contribution in [0.3, 0.4) is 0 Å². The Labute approximate surface area is 191 Å². The maximum Gasteiger partial charge on any atom is 0.338 e. The molecular weight excluding hydrogens is 424 g/mol. The van der Waals surface area contributed by atoms with Gasteiger partial charge in [-0.1, -0.05) is 6.42 Å². The second-order valence-electron chi connectivity index (χ2n) is 8.66. The topological polar surface area (TPSA) is 94.2 Å². The molecule has 2 aliphatic heterocycles. The van der Waals surface area contributed by atoms with Crippen LogP contribution in [-0.4, -0.2) is 36.7 Å². The first-order valence-electron chi connectivity index (χ1n) is 11.4. The molecule has 2 fully saturated rings. The van der Waals surface area contributed by atoms with Crippen molar-refractivity contribution in [1.82, 2.24) is 0 Å². The summed E-state index contributed by atoms with van der Waals surface area (Å²) in [7, 11) is 0. The van der Waals surface area contributed by atoms with E-state index < -0.39 is 24.3 Å².